The van der Waals surface area contributed by atoms with Gasteiger partial charge < -0.3 is 13.9 Å². The monoisotopic (exact) mass is 458 g/mol. The van der Waals surface area contributed by atoms with Gasteiger partial charge in [0, 0.05) is 5.56 Å². The molecular formula is C22H22N2O7S. The van der Waals surface area contributed by atoms with Gasteiger partial charge >= 0.3 is 5.91 Å². The minimum atomic E-state index is -3.62. The lowest BCUT2D eigenvalue weighted by atomic mass is 10.2. The highest BCUT2D eigenvalue weighted by Crippen LogP contribution is 2.28. The maximum absolute atomic E-state index is 12.4. The zero-order valence-electron chi connectivity index (χ0n) is 17.5. The van der Waals surface area contributed by atoms with E-state index in [9.17, 15) is 18.0 Å². The van der Waals surface area contributed by atoms with Gasteiger partial charge in [0.15, 0.2) is 27.1 Å². The number of benzene rings is 2. The van der Waals surface area contributed by atoms with Gasteiger partial charge in [-0.3, -0.25) is 20.4 Å². The highest BCUT2D eigenvalue weighted by Gasteiger charge is 2.20. The predicted octanol–water partition coefficient (Wildman–Crippen LogP) is 2.74. The van der Waals surface area contributed by atoms with Crippen molar-refractivity contribution in [3.05, 3.63) is 77.7 Å². The molecule has 0 aliphatic heterocycles. The molecule has 3 aromatic rings. The Labute approximate surface area is 185 Å². The number of nitrogens with one attached hydrogen (secondary N) is 2. The van der Waals surface area contributed by atoms with E-state index in [0.717, 1.165) is 0 Å². The highest BCUT2D eigenvalue weighted by molar-refractivity contribution is 7.90. The van der Waals surface area contributed by atoms with E-state index in [0.29, 0.717) is 18.1 Å². The highest BCUT2D eigenvalue weighted by atomic mass is 32.2. The molecule has 2 aromatic carbocycles. The molecular weight excluding hydrogens is 436 g/mol. The van der Waals surface area contributed by atoms with E-state index < -0.39 is 27.4 Å². The first-order chi connectivity index (χ1) is 15.3. The maximum Gasteiger partial charge on any atom is 0.305 e. The third-order valence-electron chi connectivity index (χ3n) is 4.34. The summed E-state index contributed by atoms with van der Waals surface area (Å²) < 4.78 is 40.8. The summed E-state index contributed by atoms with van der Waals surface area (Å²) in [6, 6.07) is 15.2. The van der Waals surface area contributed by atoms with Crippen LogP contribution in [0, 0.1) is 0 Å². The number of hydrogen-bond donors (Lipinski definition) is 2. The SMILES string of the molecule is CCOc1ccc(C(=O)NNC(=O)c2ccc(CS(=O)(=O)c3ccccc3)o2)cc1OC. The quantitative estimate of drug-likeness (QED) is 0.498. The van der Waals surface area contributed by atoms with Crippen molar-refractivity contribution in [2.75, 3.05) is 13.7 Å². The summed E-state index contributed by atoms with van der Waals surface area (Å²) in [4.78, 5) is 24.8. The van der Waals surface area contributed by atoms with Crippen molar-refractivity contribution >= 4 is 21.7 Å². The van der Waals surface area contributed by atoms with Gasteiger partial charge in [0.25, 0.3) is 5.91 Å². The molecule has 1 aromatic heterocycles. The largest absolute Gasteiger partial charge is 0.493 e. The van der Waals surface area contributed by atoms with Crippen LogP contribution in [0.4, 0.5) is 0 Å². The third-order valence-corrected chi connectivity index (χ3v) is 5.99. The number of hydrazine groups is 1. The topological polar surface area (TPSA) is 124 Å². The third kappa shape index (κ3) is 5.46. The molecule has 0 bridgehead atoms. The molecule has 0 radical (unpaired) electrons. The van der Waals surface area contributed by atoms with E-state index in [1.807, 2.05) is 6.92 Å². The number of rotatable bonds is 8. The van der Waals surface area contributed by atoms with Gasteiger partial charge in [-0.25, -0.2) is 8.42 Å². The summed E-state index contributed by atoms with van der Waals surface area (Å²) >= 11 is 0. The maximum atomic E-state index is 12.4. The Morgan fingerprint density at radius 3 is 2.34 bits per heavy atom. The van der Waals surface area contributed by atoms with Crippen molar-refractivity contribution in [2.24, 2.45) is 0 Å². The lowest BCUT2D eigenvalue weighted by Gasteiger charge is -2.11. The molecule has 0 spiro atoms. The summed E-state index contributed by atoms with van der Waals surface area (Å²) in [5, 5.41) is 0. The van der Waals surface area contributed by atoms with Gasteiger partial charge in [-0.15, -0.1) is 0 Å². The number of methoxy groups -OCH3 is 1. The van der Waals surface area contributed by atoms with Crippen LogP contribution in [-0.2, 0) is 15.6 Å². The van der Waals surface area contributed by atoms with Crippen LogP contribution in [0.5, 0.6) is 11.5 Å². The Balaban J connectivity index is 1.61. The molecule has 9 nitrogen and oxygen atoms in total. The Hall–Kier alpha value is -3.79. The molecule has 0 aliphatic carbocycles. The van der Waals surface area contributed by atoms with E-state index in [1.54, 1.807) is 24.3 Å². The molecule has 1 heterocycles. The number of furan rings is 1. The fraction of sp³-hybridized carbons (Fsp3) is 0.182. The standard InChI is InChI=1S/C22H22N2O7S/c1-3-30-18-11-9-15(13-20(18)29-2)21(25)23-24-22(26)19-12-10-16(31-19)14-32(27,28)17-7-5-4-6-8-17/h4-13H,3,14H2,1-2H3,(H,23,25)(H,24,26). The molecule has 168 valence electrons. The molecule has 2 amide bonds. The van der Waals surface area contributed by atoms with E-state index in [1.165, 1.54) is 43.5 Å². The smallest absolute Gasteiger partial charge is 0.305 e. The van der Waals surface area contributed by atoms with Gasteiger partial charge in [0.1, 0.15) is 11.5 Å². The van der Waals surface area contributed by atoms with Crippen molar-refractivity contribution in [3.63, 3.8) is 0 Å². The van der Waals surface area contributed by atoms with E-state index in [4.69, 9.17) is 13.9 Å². The second-order valence-corrected chi connectivity index (χ2v) is 8.53. The minimum absolute atomic E-state index is 0.0987. The van der Waals surface area contributed by atoms with Crippen LogP contribution in [-0.4, -0.2) is 33.9 Å². The molecule has 0 atom stereocenters. The number of amides is 2. The molecule has 32 heavy (non-hydrogen) atoms. The van der Waals surface area contributed by atoms with Crippen molar-refractivity contribution in [2.45, 2.75) is 17.6 Å². The fourth-order valence-electron chi connectivity index (χ4n) is 2.81. The van der Waals surface area contributed by atoms with E-state index in [2.05, 4.69) is 10.9 Å². The molecule has 3 rings (SSSR count). The van der Waals surface area contributed by atoms with Gasteiger partial charge in [-0.1, -0.05) is 18.2 Å². The molecule has 2 N–H and O–H groups in total. The van der Waals surface area contributed by atoms with Gasteiger partial charge in [-0.05, 0) is 49.4 Å². The molecule has 0 fully saturated rings. The normalized spacial score (nSPS) is 10.9. The molecule has 0 saturated carbocycles. The summed E-state index contributed by atoms with van der Waals surface area (Å²) in [5.41, 5.74) is 4.73. The van der Waals surface area contributed by atoms with Crippen molar-refractivity contribution < 1.29 is 31.9 Å². The molecule has 0 saturated heterocycles. The van der Waals surface area contributed by atoms with Crippen LogP contribution in [0.2, 0.25) is 0 Å². The average Bonchev–Trinajstić information content (AvgIpc) is 3.26. The summed E-state index contributed by atoms with van der Waals surface area (Å²) in [7, 11) is -2.17. The lowest BCUT2D eigenvalue weighted by molar-refractivity contribution is 0.0830. The van der Waals surface area contributed by atoms with Crippen molar-refractivity contribution in [1.29, 1.82) is 0 Å². The van der Waals surface area contributed by atoms with E-state index in [-0.39, 0.29) is 22.0 Å². The summed E-state index contributed by atoms with van der Waals surface area (Å²) in [6.07, 6.45) is 0. The number of ether oxygens (including phenoxy) is 2. The Morgan fingerprint density at radius 1 is 0.938 bits per heavy atom. The van der Waals surface area contributed by atoms with Crippen LogP contribution in [0.3, 0.4) is 0 Å². The molecule has 0 unspecified atom stereocenters. The number of sulfone groups is 1. The second-order valence-electron chi connectivity index (χ2n) is 6.54. The van der Waals surface area contributed by atoms with Gasteiger partial charge in [-0.2, -0.15) is 0 Å². The summed E-state index contributed by atoms with van der Waals surface area (Å²) in [6.45, 7) is 2.27. The Kier molecular flexibility index (Phi) is 7.16. The Morgan fingerprint density at radius 2 is 1.66 bits per heavy atom. The number of carbonyl (C=O) groups excluding carboxylic acids is 2. The number of hydrogen-bond acceptors (Lipinski definition) is 7. The van der Waals surface area contributed by atoms with Crippen LogP contribution < -0.4 is 20.3 Å². The number of carbonyl (C=O) groups is 2. The second kappa shape index (κ2) is 10.0. The van der Waals surface area contributed by atoms with E-state index >= 15 is 0 Å². The zero-order valence-corrected chi connectivity index (χ0v) is 18.3. The molecule has 0 aliphatic rings. The molecule has 10 heteroatoms. The van der Waals surface area contributed by atoms with Gasteiger partial charge in [0.05, 0.1) is 18.6 Å². The van der Waals surface area contributed by atoms with Crippen molar-refractivity contribution in [1.82, 2.24) is 10.9 Å². The van der Waals surface area contributed by atoms with Crippen LogP contribution in [0.1, 0.15) is 33.6 Å². The van der Waals surface area contributed by atoms with Crippen LogP contribution >= 0.6 is 0 Å². The Bertz CT molecular complexity index is 1200. The first-order valence-corrected chi connectivity index (χ1v) is 11.3. The van der Waals surface area contributed by atoms with Crippen LogP contribution in [0.15, 0.2) is 70.0 Å². The van der Waals surface area contributed by atoms with Gasteiger partial charge in [0.2, 0.25) is 0 Å². The summed E-state index contributed by atoms with van der Waals surface area (Å²) in [5.74, 6) is -0.903. The van der Waals surface area contributed by atoms with Crippen LogP contribution in [0.25, 0.3) is 0 Å². The first kappa shape index (κ1) is 22.9. The minimum Gasteiger partial charge on any atom is -0.493 e. The zero-order chi connectivity index (χ0) is 23.1. The lowest BCUT2D eigenvalue weighted by Crippen LogP contribution is -2.41. The average molecular weight is 458 g/mol. The predicted molar refractivity (Wildman–Crippen MR) is 115 cm³/mol. The fourth-order valence-corrected chi connectivity index (χ4v) is 4.08. The van der Waals surface area contributed by atoms with Crippen molar-refractivity contribution in [3.8, 4) is 11.5 Å². The first-order valence-electron chi connectivity index (χ1n) is 9.62.